The number of imide groups is 1. The van der Waals surface area contributed by atoms with Gasteiger partial charge in [-0.15, -0.1) is 0 Å². The van der Waals surface area contributed by atoms with Crippen LogP contribution < -0.4 is 14.2 Å². The largest absolute Gasteiger partial charge is 0.493 e. The minimum Gasteiger partial charge on any atom is -0.493 e. The van der Waals surface area contributed by atoms with Crippen LogP contribution in [0, 0.1) is 5.82 Å². The van der Waals surface area contributed by atoms with Gasteiger partial charge in [0.25, 0.3) is 11.1 Å². The Morgan fingerprint density at radius 3 is 2.54 bits per heavy atom. The summed E-state index contributed by atoms with van der Waals surface area (Å²) in [4.78, 5) is 27.1. The van der Waals surface area contributed by atoms with Crippen molar-refractivity contribution in [1.29, 1.82) is 0 Å². The molecule has 1 fully saturated rings. The molecule has 0 aromatic heterocycles. The van der Waals surface area contributed by atoms with E-state index in [4.69, 9.17) is 14.2 Å². The smallest absolute Gasteiger partial charge is 0.293 e. The number of fused-ring (bicyclic) bond motifs is 1. The van der Waals surface area contributed by atoms with Crippen molar-refractivity contribution in [1.82, 2.24) is 4.90 Å². The van der Waals surface area contributed by atoms with E-state index < -0.39 is 0 Å². The zero-order valence-corrected chi connectivity index (χ0v) is 23.3. The lowest BCUT2D eigenvalue weighted by Gasteiger charge is -2.15. The van der Waals surface area contributed by atoms with Crippen molar-refractivity contribution in [3.05, 3.63) is 105 Å². The Labute approximate surface area is 237 Å². The Kier molecular flexibility index (Phi) is 8.18. The minimum absolute atomic E-state index is 0.0146. The summed E-state index contributed by atoms with van der Waals surface area (Å²) in [5, 5.41) is 1.66. The van der Waals surface area contributed by atoms with Crippen molar-refractivity contribution in [2.24, 2.45) is 0 Å². The molecule has 0 unspecified atom stereocenters. The van der Waals surface area contributed by atoms with Crippen LogP contribution in [0.3, 0.4) is 0 Å². The fourth-order valence-electron chi connectivity index (χ4n) is 4.14. The van der Waals surface area contributed by atoms with Crippen LogP contribution in [-0.2, 0) is 11.4 Å². The summed E-state index contributed by atoms with van der Waals surface area (Å²) in [7, 11) is 1.49. The normalized spacial score (nSPS) is 14.3. The summed E-state index contributed by atoms with van der Waals surface area (Å²) in [5.41, 5.74) is 1.04. The molecule has 9 heteroatoms. The van der Waals surface area contributed by atoms with Crippen molar-refractivity contribution in [2.45, 2.75) is 6.61 Å². The predicted octanol–water partition coefficient (Wildman–Crippen LogP) is 7.44. The van der Waals surface area contributed by atoms with Crippen molar-refractivity contribution < 1.29 is 28.2 Å². The zero-order chi connectivity index (χ0) is 27.4. The maximum Gasteiger partial charge on any atom is 0.293 e. The molecular weight excluding hydrogens is 585 g/mol. The van der Waals surface area contributed by atoms with Gasteiger partial charge in [-0.2, -0.15) is 0 Å². The molecule has 1 aliphatic heterocycles. The third kappa shape index (κ3) is 5.94. The molecule has 6 nitrogen and oxygen atoms in total. The van der Waals surface area contributed by atoms with E-state index in [1.54, 1.807) is 36.4 Å². The topological polar surface area (TPSA) is 65.1 Å². The van der Waals surface area contributed by atoms with Gasteiger partial charge in [0.1, 0.15) is 24.8 Å². The third-order valence-electron chi connectivity index (χ3n) is 6.08. The quantitative estimate of drug-likeness (QED) is 0.184. The van der Waals surface area contributed by atoms with Gasteiger partial charge in [0.05, 0.1) is 23.0 Å². The molecule has 5 rings (SSSR count). The zero-order valence-electron chi connectivity index (χ0n) is 20.9. The number of hydrogen-bond donors (Lipinski definition) is 0. The Morgan fingerprint density at radius 1 is 0.949 bits per heavy atom. The molecule has 1 aliphatic rings. The van der Waals surface area contributed by atoms with Crippen molar-refractivity contribution in [3.63, 3.8) is 0 Å². The van der Waals surface area contributed by atoms with Crippen LogP contribution in [-0.4, -0.2) is 36.3 Å². The van der Waals surface area contributed by atoms with Crippen LogP contribution in [0.4, 0.5) is 9.18 Å². The van der Waals surface area contributed by atoms with Gasteiger partial charge in [-0.25, -0.2) is 4.39 Å². The second kappa shape index (κ2) is 11.9. The van der Waals surface area contributed by atoms with Crippen LogP contribution in [0.5, 0.6) is 17.2 Å². The number of halogens is 2. The van der Waals surface area contributed by atoms with E-state index in [-0.39, 0.29) is 36.7 Å². The lowest BCUT2D eigenvalue weighted by atomic mass is 10.1. The molecule has 0 aliphatic carbocycles. The maximum absolute atomic E-state index is 14.0. The molecule has 1 saturated heterocycles. The summed E-state index contributed by atoms with van der Waals surface area (Å²) >= 11 is 4.35. The standard InChI is InChI=1S/C30H23BrFNO5S/c1-36-26-16-19(15-23(31)28(26)38-18-21-8-3-5-11-24(21)32)17-27-29(34)33(30(35)39-27)13-14-37-25-12-6-9-20-7-2-4-10-22(20)25/h2-12,15-17H,13-14,18H2,1H3/b27-17-. The average Bonchev–Trinajstić information content (AvgIpc) is 3.20. The lowest BCUT2D eigenvalue weighted by Crippen LogP contribution is -2.32. The van der Waals surface area contributed by atoms with E-state index in [0.717, 1.165) is 22.5 Å². The van der Waals surface area contributed by atoms with Gasteiger partial charge < -0.3 is 14.2 Å². The second-order valence-corrected chi connectivity index (χ2v) is 10.4. The van der Waals surface area contributed by atoms with Crippen LogP contribution in [0.2, 0.25) is 0 Å². The molecule has 0 bridgehead atoms. The molecule has 0 saturated carbocycles. The number of ether oxygens (including phenoxy) is 3. The summed E-state index contributed by atoms with van der Waals surface area (Å²) < 4.78 is 31.8. The highest BCUT2D eigenvalue weighted by Crippen LogP contribution is 2.39. The molecule has 4 aromatic rings. The highest BCUT2D eigenvalue weighted by atomic mass is 79.9. The fraction of sp³-hybridized carbons (Fsp3) is 0.133. The van der Waals surface area contributed by atoms with Gasteiger partial charge in [-0.1, -0.05) is 54.6 Å². The van der Waals surface area contributed by atoms with E-state index in [1.165, 1.54) is 18.1 Å². The molecule has 1 heterocycles. The second-order valence-electron chi connectivity index (χ2n) is 8.57. The van der Waals surface area contributed by atoms with E-state index in [9.17, 15) is 14.0 Å². The highest BCUT2D eigenvalue weighted by molar-refractivity contribution is 9.10. The molecule has 0 atom stereocenters. The van der Waals surface area contributed by atoms with Gasteiger partial charge in [0.2, 0.25) is 0 Å². The Morgan fingerprint density at radius 2 is 1.72 bits per heavy atom. The Bertz CT molecular complexity index is 1590. The Hall–Kier alpha value is -3.82. The first-order valence-corrected chi connectivity index (χ1v) is 13.6. The van der Waals surface area contributed by atoms with E-state index in [1.807, 2.05) is 42.5 Å². The highest BCUT2D eigenvalue weighted by Gasteiger charge is 2.35. The molecule has 2 amide bonds. The molecular formula is C30H23BrFNO5S. The number of nitrogens with zero attached hydrogens (tertiary/aromatic N) is 1. The van der Waals surface area contributed by atoms with Crippen molar-refractivity contribution in [2.75, 3.05) is 20.3 Å². The number of thioether (sulfide) groups is 1. The monoisotopic (exact) mass is 607 g/mol. The van der Waals surface area contributed by atoms with Crippen molar-refractivity contribution >= 4 is 55.7 Å². The fourth-order valence-corrected chi connectivity index (χ4v) is 5.58. The summed E-state index contributed by atoms with van der Waals surface area (Å²) in [6.45, 7) is 0.314. The number of benzene rings is 4. The molecule has 0 N–H and O–H groups in total. The number of rotatable bonds is 9. The summed E-state index contributed by atoms with van der Waals surface area (Å²) in [5.74, 6) is 0.750. The minimum atomic E-state index is -0.388. The number of carbonyl (C=O) groups excluding carboxylic acids is 2. The predicted molar refractivity (Wildman–Crippen MR) is 154 cm³/mol. The van der Waals surface area contributed by atoms with E-state index in [0.29, 0.717) is 37.8 Å². The van der Waals surface area contributed by atoms with E-state index >= 15 is 0 Å². The number of hydrogen-bond acceptors (Lipinski definition) is 6. The van der Waals surface area contributed by atoms with Gasteiger partial charge in [-0.3, -0.25) is 14.5 Å². The van der Waals surface area contributed by atoms with Gasteiger partial charge in [0, 0.05) is 10.9 Å². The van der Waals surface area contributed by atoms with Crippen LogP contribution >= 0.6 is 27.7 Å². The summed E-state index contributed by atoms with van der Waals surface area (Å²) in [6, 6.07) is 23.4. The average molecular weight is 608 g/mol. The maximum atomic E-state index is 14.0. The van der Waals surface area contributed by atoms with E-state index in [2.05, 4.69) is 15.9 Å². The third-order valence-corrected chi connectivity index (χ3v) is 7.57. The molecule has 39 heavy (non-hydrogen) atoms. The summed E-state index contributed by atoms with van der Waals surface area (Å²) in [6.07, 6.45) is 1.63. The first kappa shape index (κ1) is 26.8. The van der Waals surface area contributed by atoms with Crippen LogP contribution in [0.25, 0.3) is 16.8 Å². The van der Waals surface area contributed by atoms with Gasteiger partial charge in [-0.05, 0) is 69.0 Å². The number of amides is 2. The number of carbonyl (C=O) groups is 2. The van der Waals surface area contributed by atoms with Crippen LogP contribution in [0.15, 0.2) is 88.2 Å². The SMILES string of the molecule is COc1cc(/C=C2\SC(=O)N(CCOc3cccc4ccccc34)C2=O)cc(Br)c1OCc1ccccc1F. The number of methoxy groups -OCH3 is 1. The first-order valence-electron chi connectivity index (χ1n) is 12.0. The lowest BCUT2D eigenvalue weighted by molar-refractivity contribution is -0.123. The van der Waals surface area contributed by atoms with Gasteiger partial charge >= 0.3 is 0 Å². The Balaban J connectivity index is 1.27. The molecule has 198 valence electrons. The molecule has 0 spiro atoms. The molecule has 0 radical (unpaired) electrons. The molecule has 4 aromatic carbocycles. The van der Waals surface area contributed by atoms with Gasteiger partial charge in [0.15, 0.2) is 11.5 Å². The van der Waals surface area contributed by atoms with Crippen molar-refractivity contribution in [3.8, 4) is 17.2 Å². The van der Waals surface area contributed by atoms with Crippen LogP contribution in [0.1, 0.15) is 11.1 Å². The first-order chi connectivity index (χ1) is 18.9.